The minimum Gasteiger partial charge on any atom is -0.464 e. The van der Waals surface area contributed by atoms with Crippen LogP contribution in [0.5, 0.6) is 0 Å². The van der Waals surface area contributed by atoms with E-state index in [2.05, 4.69) is 10.3 Å². The molecule has 3 aromatic rings. The zero-order valence-corrected chi connectivity index (χ0v) is 15.1. The van der Waals surface area contributed by atoms with E-state index < -0.39 is 11.5 Å². The molecule has 0 atom stereocenters. The number of amides is 1. The number of aromatic nitrogens is 1. The van der Waals surface area contributed by atoms with Crippen molar-refractivity contribution in [2.75, 3.05) is 6.61 Å². The second-order valence-corrected chi connectivity index (χ2v) is 6.79. The van der Waals surface area contributed by atoms with Crippen LogP contribution in [-0.2, 0) is 22.4 Å². The maximum Gasteiger partial charge on any atom is 0.332 e. The van der Waals surface area contributed by atoms with Gasteiger partial charge in [-0.1, -0.05) is 48.5 Å². The molecule has 5 nitrogen and oxygen atoms in total. The Morgan fingerprint density at radius 1 is 1.04 bits per heavy atom. The predicted octanol–water partition coefficient (Wildman–Crippen LogP) is 3.07. The van der Waals surface area contributed by atoms with Crippen LogP contribution in [0.4, 0.5) is 0 Å². The number of nitrogens with zero attached hydrogens (tertiary/aromatic N) is 1. The van der Waals surface area contributed by atoms with E-state index in [1.807, 2.05) is 48.5 Å². The highest BCUT2D eigenvalue weighted by molar-refractivity contribution is 6.08. The predicted molar refractivity (Wildman–Crippen MR) is 102 cm³/mol. The van der Waals surface area contributed by atoms with Gasteiger partial charge in [-0.3, -0.25) is 9.78 Å². The van der Waals surface area contributed by atoms with Crippen LogP contribution in [0.15, 0.2) is 60.9 Å². The summed E-state index contributed by atoms with van der Waals surface area (Å²) in [6.07, 6.45) is 4.11. The number of carbonyl (C=O) groups is 2. The van der Waals surface area contributed by atoms with E-state index in [1.165, 1.54) is 0 Å². The molecule has 0 aliphatic heterocycles. The van der Waals surface area contributed by atoms with Crippen LogP contribution < -0.4 is 5.32 Å². The Hall–Kier alpha value is -3.21. The molecule has 1 aromatic heterocycles. The van der Waals surface area contributed by atoms with Crippen molar-refractivity contribution in [3.8, 4) is 0 Å². The van der Waals surface area contributed by atoms with Crippen molar-refractivity contribution >= 4 is 22.6 Å². The minimum atomic E-state index is -1.09. The summed E-state index contributed by atoms with van der Waals surface area (Å²) in [5, 5.41) is 4.66. The molecule has 1 aliphatic rings. The van der Waals surface area contributed by atoms with E-state index in [0.29, 0.717) is 18.4 Å². The average Bonchev–Trinajstić information content (AvgIpc) is 3.07. The van der Waals surface area contributed by atoms with Gasteiger partial charge in [-0.25, -0.2) is 4.79 Å². The summed E-state index contributed by atoms with van der Waals surface area (Å²) in [7, 11) is 0. The number of hydrogen-bond donors (Lipinski definition) is 1. The Morgan fingerprint density at radius 3 is 2.41 bits per heavy atom. The first-order valence-electron chi connectivity index (χ1n) is 9.02. The van der Waals surface area contributed by atoms with Crippen LogP contribution in [0, 0.1) is 0 Å². The highest BCUT2D eigenvalue weighted by atomic mass is 16.5. The quantitative estimate of drug-likeness (QED) is 0.726. The molecule has 2 aromatic carbocycles. The highest BCUT2D eigenvalue weighted by Gasteiger charge is 2.46. The number of esters is 1. The van der Waals surface area contributed by atoms with E-state index in [9.17, 15) is 9.59 Å². The maximum atomic E-state index is 13.1. The number of ether oxygens (including phenoxy) is 1. The molecule has 1 amide bonds. The van der Waals surface area contributed by atoms with Gasteiger partial charge in [-0.15, -0.1) is 0 Å². The molecule has 0 saturated heterocycles. The molecule has 0 saturated carbocycles. The lowest BCUT2D eigenvalue weighted by molar-refractivity contribution is -0.150. The van der Waals surface area contributed by atoms with Crippen molar-refractivity contribution in [3.05, 3.63) is 77.6 Å². The third kappa shape index (κ3) is 3.05. The number of carbonyl (C=O) groups excluding carboxylic acids is 2. The molecule has 1 aliphatic carbocycles. The second-order valence-electron chi connectivity index (χ2n) is 6.79. The molecule has 1 heterocycles. The second kappa shape index (κ2) is 6.83. The molecule has 0 spiro atoms. The molecule has 5 heteroatoms. The molecule has 0 bridgehead atoms. The summed E-state index contributed by atoms with van der Waals surface area (Å²) in [6, 6.07) is 15.4. The summed E-state index contributed by atoms with van der Waals surface area (Å²) < 4.78 is 5.32. The van der Waals surface area contributed by atoms with Gasteiger partial charge in [0.25, 0.3) is 5.91 Å². The Balaban J connectivity index is 1.70. The highest BCUT2D eigenvalue weighted by Crippen LogP contribution is 2.32. The van der Waals surface area contributed by atoms with E-state index in [1.54, 1.807) is 19.3 Å². The van der Waals surface area contributed by atoms with E-state index in [-0.39, 0.29) is 12.5 Å². The van der Waals surface area contributed by atoms with Gasteiger partial charge in [0.05, 0.1) is 12.2 Å². The van der Waals surface area contributed by atoms with Gasteiger partial charge >= 0.3 is 5.97 Å². The SMILES string of the molecule is CCOC(=O)C1(NC(=O)c2cncc3ccccc23)Cc2ccccc2C1. The largest absolute Gasteiger partial charge is 0.464 e. The molecule has 0 radical (unpaired) electrons. The lowest BCUT2D eigenvalue weighted by Crippen LogP contribution is -2.56. The lowest BCUT2D eigenvalue weighted by Gasteiger charge is -2.28. The Morgan fingerprint density at radius 2 is 1.70 bits per heavy atom. The van der Waals surface area contributed by atoms with Gasteiger partial charge in [0.2, 0.25) is 0 Å². The van der Waals surface area contributed by atoms with Crippen LogP contribution in [0.1, 0.15) is 28.4 Å². The first kappa shape index (κ1) is 17.2. The van der Waals surface area contributed by atoms with Crippen molar-refractivity contribution in [2.45, 2.75) is 25.3 Å². The minimum absolute atomic E-state index is 0.266. The average molecular weight is 360 g/mol. The van der Waals surface area contributed by atoms with Gasteiger partial charge in [0, 0.05) is 30.6 Å². The van der Waals surface area contributed by atoms with Crippen molar-refractivity contribution in [3.63, 3.8) is 0 Å². The Labute approximate surface area is 157 Å². The third-order valence-electron chi connectivity index (χ3n) is 5.03. The van der Waals surface area contributed by atoms with E-state index in [0.717, 1.165) is 21.9 Å². The van der Waals surface area contributed by atoms with Gasteiger partial charge in [-0.2, -0.15) is 0 Å². The summed E-state index contributed by atoms with van der Waals surface area (Å²) in [5.74, 6) is -0.720. The summed E-state index contributed by atoms with van der Waals surface area (Å²) in [4.78, 5) is 30.1. The van der Waals surface area contributed by atoms with Crippen LogP contribution in [-0.4, -0.2) is 29.0 Å². The monoisotopic (exact) mass is 360 g/mol. The van der Waals surface area contributed by atoms with E-state index >= 15 is 0 Å². The van der Waals surface area contributed by atoms with Crippen LogP contribution in [0.2, 0.25) is 0 Å². The van der Waals surface area contributed by atoms with E-state index in [4.69, 9.17) is 4.74 Å². The van der Waals surface area contributed by atoms with Gasteiger partial charge in [0.1, 0.15) is 5.54 Å². The smallest absolute Gasteiger partial charge is 0.332 e. The number of pyridine rings is 1. The number of fused-ring (bicyclic) bond motifs is 2. The zero-order valence-electron chi connectivity index (χ0n) is 15.1. The van der Waals surface area contributed by atoms with Crippen LogP contribution >= 0.6 is 0 Å². The van der Waals surface area contributed by atoms with Crippen LogP contribution in [0.25, 0.3) is 10.8 Å². The fraction of sp³-hybridized carbons (Fsp3) is 0.227. The number of hydrogen-bond acceptors (Lipinski definition) is 4. The van der Waals surface area contributed by atoms with Gasteiger partial charge < -0.3 is 10.1 Å². The fourth-order valence-corrected chi connectivity index (χ4v) is 3.75. The maximum absolute atomic E-state index is 13.1. The van der Waals surface area contributed by atoms with Crippen molar-refractivity contribution < 1.29 is 14.3 Å². The third-order valence-corrected chi connectivity index (χ3v) is 5.03. The van der Waals surface area contributed by atoms with Crippen molar-refractivity contribution in [2.24, 2.45) is 0 Å². The van der Waals surface area contributed by atoms with Crippen molar-refractivity contribution in [1.82, 2.24) is 10.3 Å². The first-order chi connectivity index (χ1) is 13.1. The molecule has 136 valence electrons. The summed E-state index contributed by atoms with van der Waals surface area (Å²) >= 11 is 0. The molecule has 1 N–H and O–H groups in total. The summed E-state index contributed by atoms with van der Waals surface area (Å²) in [6.45, 7) is 2.03. The fourth-order valence-electron chi connectivity index (χ4n) is 3.75. The van der Waals surface area contributed by atoms with Crippen LogP contribution in [0.3, 0.4) is 0 Å². The Kier molecular flexibility index (Phi) is 4.36. The molecule has 0 unspecified atom stereocenters. The lowest BCUT2D eigenvalue weighted by atomic mass is 9.94. The summed E-state index contributed by atoms with van der Waals surface area (Å²) in [5.41, 5.74) is 1.48. The Bertz CT molecular complexity index is 999. The molecule has 4 rings (SSSR count). The normalized spacial score (nSPS) is 14.6. The molecular formula is C22H20N2O3. The molecule has 0 fully saturated rings. The number of nitrogens with one attached hydrogen (secondary N) is 1. The van der Waals surface area contributed by atoms with Crippen molar-refractivity contribution in [1.29, 1.82) is 0 Å². The number of benzene rings is 2. The first-order valence-corrected chi connectivity index (χ1v) is 9.02. The van der Waals surface area contributed by atoms with Gasteiger partial charge in [-0.05, 0) is 23.4 Å². The standard InChI is InChI=1S/C22H20N2O3/c1-2-27-21(26)22(11-15-7-3-4-8-16(15)12-22)24-20(25)19-14-23-13-17-9-5-6-10-18(17)19/h3-10,13-14H,2,11-12H2,1H3,(H,24,25). The van der Waals surface area contributed by atoms with Gasteiger partial charge in [0.15, 0.2) is 0 Å². The topological polar surface area (TPSA) is 68.3 Å². The molecule has 27 heavy (non-hydrogen) atoms. The zero-order chi connectivity index (χ0) is 18.9. The number of rotatable bonds is 4. The molecular weight excluding hydrogens is 340 g/mol.